The highest BCUT2D eigenvalue weighted by molar-refractivity contribution is 6.51. The van der Waals surface area contributed by atoms with Gasteiger partial charge in [0, 0.05) is 15.6 Å². The zero-order valence-corrected chi connectivity index (χ0v) is 13.2. The Hall–Kier alpha value is -2.06. The number of carbonyl (C=O) groups is 1. The number of nitrogens with zero attached hydrogens (tertiary/aromatic N) is 2. The van der Waals surface area contributed by atoms with E-state index in [1.54, 1.807) is 30.3 Å². The van der Waals surface area contributed by atoms with Crippen molar-refractivity contribution in [3.63, 3.8) is 0 Å². The molecule has 0 aliphatic rings. The van der Waals surface area contributed by atoms with Crippen LogP contribution in [0.15, 0.2) is 47.6 Å². The van der Waals surface area contributed by atoms with Crippen molar-refractivity contribution < 1.29 is 4.79 Å². The molecule has 0 heterocycles. The van der Waals surface area contributed by atoms with Crippen LogP contribution in [0, 0.1) is 11.3 Å². The summed E-state index contributed by atoms with van der Waals surface area (Å²) in [5.41, 5.74) is 3.03. The molecule has 2 aromatic carbocycles. The fourth-order valence-corrected chi connectivity index (χ4v) is 2.14. The number of hydrogen-bond donors (Lipinski definition) is 1. The zero-order chi connectivity index (χ0) is 16.1. The topological polar surface area (TPSA) is 65.2 Å². The first-order chi connectivity index (χ1) is 10.5. The summed E-state index contributed by atoms with van der Waals surface area (Å²) in [5.74, 6) is -0.517. The second-order valence-electron chi connectivity index (χ2n) is 4.14. The van der Waals surface area contributed by atoms with Crippen LogP contribution in [0.5, 0.6) is 0 Å². The van der Waals surface area contributed by atoms with Gasteiger partial charge in [0.2, 0.25) is 11.5 Å². The minimum atomic E-state index is -0.517. The molecule has 0 aromatic heterocycles. The zero-order valence-electron chi connectivity index (χ0n) is 11.0. The van der Waals surface area contributed by atoms with Gasteiger partial charge in [-0.25, -0.2) is 0 Å². The monoisotopic (exact) mass is 351 g/mol. The second-order valence-corrected chi connectivity index (χ2v) is 5.42. The van der Waals surface area contributed by atoms with Crippen LogP contribution < -0.4 is 5.43 Å². The van der Waals surface area contributed by atoms with Crippen LogP contribution in [0.1, 0.15) is 10.4 Å². The van der Waals surface area contributed by atoms with Crippen LogP contribution in [0.2, 0.25) is 15.1 Å². The van der Waals surface area contributed by atoms with E-state index in [1.807, 2.05) is 0 Å². The van der Waals surface area contributed by atoms with Gasteiger partial charge in [0.05, 0.1) is 10.7 Å². The van der Waals surface area contributed by atoms with Crippen molar-refractivity contribution in [3.8, 4) is 6.07 Å². The van der Waals surface area contributed by atoms with E-state index >= 15 is 0 Å². The molecular weight excluding hydrogens is 345 g/mol. The SMILES string of the molecule is N#CC(=NNc1ccc(Cl)cc1Cl)C(=O)c1ccc(Cl)cc1. The van der Waals surface area contributed by atoms with Gasteiger partial charge in [-0.15, -0.1) is 0 Å². The molecule has 0 bridgehead atoms. The molecule has 7 heteroatoms. The van der Waals surface area contributed by atoms with E-state index in [4.69, 9.17) is 40.1 Å². The largest absolute Gasteiger partial charge is 0.286 e. The van der Waals surface area contributed by atoms with Gasteiger partial charge >= 0.3 is 0 Å². The fourth-order valence-electron chi connectivity index (χ4n) is 1.56. The molecule has 0 spiro atoms. The molecule has 1 N–H and O–H groups in total. The van der Waals surface area contributed by atoms with E-state index in [-0.39, 0.29) is 5.71 Å². The lowest BCUT2D eigenvalue weighted by Crippen LogP contribution is -2.14. The molecule has 2 rings (SSSR count). The number of nitriles is 1. The molecular formula is C15H8Cl3N3O. The Morgan fingerprint density at radius 3 is 2.27 bits per heavy atom. The normalized spacial score (nSPS) is 10.9. The van der Waals surface area contributed by atoms with Gasteiger partial charge in [0.1, 0.15) is 6.07 Å². The highest BCUT2D eigenvalue weighted by Gasteiger charge is 2.14. The first-order valence-electron chi connectivity index (χ1n) is 6.00. The van der Waals surface area contributed by atoms with E-state index in [9.17, 15) is 4.79 Å². The van der Waals surface area contributed by atoms with Crippen molar-refractivity contribution in [1.29, 1.82) is 5.26 Å². The summed E-state index contributed by atoms with van der Waals surface area (Å²) in [6.45, 7) is 0. The Balaban J connectivity index is 2.22. The molecule has 0 saturated carbocycles. The van der Waals surface area contributed by atoms with Crippen molar-refractivity contribution in [2.75, 3.05) is 5.43 Å². The molecule has 0 amide bonds. The van der Waals surface area contributed by atoms with Gasteiger partial charge in [-0.2, -0.15) is 10.4 Å². The van der Waals surface area contributed by atoms with Crippen molar-refractivity contribution >= 4 is 52.0 Å². The van der Waals surface area contributed by atoms with Gasteiger partial charge in [-0.1, -0.05) is 34.8 Å². The minimum Gasteiger partial charge on any atom is -0.286 e. The third-order valence-electron chi connectivity index (χ3n) is 2.65. The van der Waals surface area contributed by atoms with Crippen molar-refractivity contribution in [2.45, 2.75) is 0 Å². The summed E-state index contributed by atoms with van der Waals surface area (Å²) in [4.78, 5) is 12.2. The highest BCUT2D eigenvalue weighted by atomic mass is 35.5. The van der Waals surface area contributed by atoms with Gasteiger partial charge in [0.15, 0.2) is 0 Å². The number of hydrogen-bond acceptors (Lipinski definition) is 4. The number of ketones is 1. The predicted octanol–water partition coefficient (Wildman–Crippen LogP) is 4.82. The van der Waals surface area contributed by atoms with Crippen LogP contribution in [0.25, 0.3) is 0 Å². The van der Waals surface area contributed by atoms with E-state index < -0.39 is 5.78 Å². The lowest BCUT2D eigenvalue weighted by Gasteiger charge is -2.04. The van der Waals surface area contributed by atoms with E-state index in [0.717, 1.165) is 0 Å². The number of rotatable bonds is 4. The molecule has 0 aliphatic carbocycles. The summed E-state index contributed by atoms with van der Waals surface area (Å²) >= 11 is 17.5. The lowest BCUT2D eigenvalue weighted by molar-refractivity contribution is 0.106. The molecule has 110 valence electrons. The third kappa shape index (κ3) is 3.99. The molecule has 0 radical (unpaired) electrons. The maximum absolute atomic E-state index is 12.2. The van der Waals surface area contributed by atoms with Crippen LogP contribution >= 0.6 is 34.8 Å². The van der Waals surface area contributed by atoms with Crippen molar-refractivity contribution in [1.82, 2.24) is 0 Å². The number of Topliss-reactive ketones (excluding diaryl/α,β-unsaturated/α-hetero) is 1. The molecule has 0 fully saturated rings. The summed E-state index contributed by atoms with van der Waals surface area (Å²) in [7, 11) is 0. The number of carbonyl (C=O) groups excluding carboxylic acids is 1. The Kier molecular flexibility index (Phi) is 5.40. The molecule has 2 aromatic rings. The summed E-state index contributed by atoms with van der Waals surface area (Å²) in [5, 5.41) is 14.2. The van der Waals surface area contributed by atoms with E-state index in [0.29, 0.717) is 26.3 Å². The van der Waals surface area contributed by atoms with E-state index in [1.165, 1.54) is 18.2 Å². The van der Waals surface area contributed by atoms with Gasteiger partial charge in [-0.05, 0) is 42.5 Å². The van der Waals surface area contributed by atoms with Crippen LogP contribution in [-0.2, 0) is 0 Å². The molecule has 0 saturated heterocycles. The fraction of sp³-hybridized carbons (Fsp3) is 0. The third-order valence-corrected chi connectivity index (χ3v) is 3.45. The molecule has 0 unspecified atom stereocenters. The van der Waals surface area contributed by atoms with Crippen LogP contribution in [0.3, 0.4) is 0 Å². The number of anilines is 1. The standard InChI is InChI=1S/C15H8Cl3N3O/c16-10-3-1-9(2-4-10)15(22)14(8-19)21-20-13-6-5-11(17)7-12(13)18/h1-7,20H. The number of hydrazone groups is 1. The minimum absolute atomic E-state index is 0.298. The number of benzene rings is 2. The van der Waals surface area contributed by atoms with Gasteiger partial charge in [0.25, 0.3) is 0 Å². The van der Waals surface area contributed by atoms with Gasteiger partial charge in [-0.3, -0.25) is 10.2 Å². The maximum Gasteiger partial charge on any atom is 0.223 e. The first kappa shape index (κ1) is 16.3. The van der Waals surface area contributed by atoms with Gasteiger partial charge < -0.3 is 0 Å². The summed E-state index contributed by atoms with van der Waals surface area (Å²) in [6, 6.07) is 12.6. The number of halogens is 3. The Bertz CT molecular complexity index is 780. The average Bonchev–Trinajstić information content (AvgIpc) is 2.50. The number of nitrogens with one attached hydrogen (secondary N) is 1. The van der Waals surface area contributed by atoms with Crippen molar-refractivity contribution in [2.24, 2.45) is 5.10 Å². The molecule has 4 nitrogen and oxygen atoms in total. The second kappa shape index (κ2) is 7.28. The molecule has 0 atom stereocenters. The Labute approximate surface area is 141 Å². The Morgan fingerprint density at radius 2 is 1.68 bits per heavy atom. The smallest absolute Gasteiger partial charge is 0.223 e. The first-order valence-corrected chi connectivity index (χ1v) is 7.14. The molecule has 0 aliphatic heterocycles. The van der Waals surface area contributed by atoms with E-state index in [2.05, 4.69) is 10.5 Å². The quantitative estimate of drug-likeness (QED) is 0.487. The Morgan fingerprint density at radius 1 is 1.05 bits per heavy atom. The predicted molar refractivity (Wildman–Crippen MR) is 88.9 cm³/mol. The highest BCUT2D eigenvalue weighted by Crippen LogP contribution is 2.25. The summed E-state index contributed by atoms with van der Waals surface area (Å²) in [6.07, 6.45) is 0. The summed E-state index contributed by atoms with van der Waals surface area (Å²) < 4.78 is 0. The van der Waals surface area contributed by atoms with Crippen LogP contribution in [-0.4, -0.2) is 11.5 Å². The lowest BCUT2D eigenvalue weighted by atomic mass is 10.1. The van der Waals surface area contributed by atoms with Crippen LogP contribution in [0.4, 0.5) is 5.69 Å². The average molecular weight is 353 g/mol. The molecule has 22 heavy (non-hydrogen) atoms. The van der Waals surface area contributed by atoms with Crippen molar-refractivity contribution in [3.05, 3.63) is 63.1 Å². The maximum atomic E-state index is 12.2.